The predicted octanol–water partition coefficient (Wildman–Crippen LogP) is 21.2. The van der Waals surface area contributed by atoms with Gasteiger partial charge in [0.1, 0.15) is 13.2 Å². The number of carbonyl (C=O) groups is 3. The third kappa shape index (κ3) is 60.6. The molecule has 0 saturated carbocycles. The minimum Gasteiger partial charge on any atom is -0.462 e. The molecule has 0 aliphatic carbocycles. The summed E-state index contributed by atoms with van der Waals surface area (Å²) in [5.74, 6) is -0.925. The first-order valence-electron chi connectivity index (χ1n) is 31.0. The highest BCUT2D eigenvalue weighted by molar-refractivity contribution is 5.71. The zero-order valence-corrected chi connectivity index (χ0v) is 48.8. The maximum Gasteiger partial charge on any atom is 0.306 e. The van der Waals surface area contributed by atoms with E-state index in [1.54, 1.807) is 0 Å². The van der Waals surface area contributed by atoms with Gasteiger partial charge in [-0.2, -0.15) is 0 Å². The van der Waals surface area contributed by atoms with Crippen LogP contribution in [0.1, 0.15) is 278 Å². The lowest BCUT2D eigenvalue weighted by atomic mass is 10.0. The summed E-state index contributed by atoms with van der Waals surface area (Å²) < 4.78 is 16.9. The maximum absolute atomic E-state index is 12.9. The van der Waals surface area contributed by atoms with Gasteiger partial charge in [-0.05, 0) is 122 Å². The van der Waals surface area contributed by atoms with Crippen LogP contribution in [0.25, 0.3) is 0 Å². The van der Waals surface area contributed by atoms with Crippen LogP contribution in [0.2, 0.25) is 0 Å². The first kappa shape index (κ1) is 70.8. The van der Waals surface area contributed by atoms with Gasteiger partial charge in [0.25, 0.3) is 0 Å². The Morgan fingerprint density at radius 3 is 0.747 bits per heavy atom. The van der Waals surface area contributed by atoms with Gasteiger partial charge < -0.3 is 14.2 Å². The Morgan fingerprint density at radius 2 is 0.480 bits per heavy atom. The second-order valence-corrected chi connectivity index (χ2v) is 20.2. The van der Waals surface area contributed by atoms with Crippen molar-refractivity contribution in [2.45, 2.75) is 284 Å². The van der Waals surface area contributed by atoms with Crippen molar-refractivity contribution in [3.05, 3.63) is 122 Å². The minimum absolute atomic E-state index is 0.0925. The molecule has 1 atom stereocenters. The molecule has 0 spiro atoms. The van der Waals surface area contributed by atoms with Gasteiger partial charge in [-0.15, -0.1) is 0 Å². The van der Waals surface area contributed by atoms with E-state index >= 15 is 0 Å². The monoisotopic (exact) mass is 1040 g/mol. The van der Waals surface area contributed by atoms with E-state index in [9.17, 15) is 14.4 Å². The highest BCUT2D eigenvalue weighted by Gasteiger charge is 2.19. The molecule has 1 unspecified atom stereocenters. The van der Waals surface area contributed by atoms with Gasteiger partial charge in [0.2, 0.25) is 0 Å². The van der Waals surface area contributed by atoms with E-state index in [0.717, 1.165) is 161 Å². The summed E-state index contributed by atoms with van der Waals surface area (Å²) in [7, 11) is 0. The van der Waals surface area contributed by atoms with Crippen molar-refractivity contribution in [2.75, 3.05) is 13.2 Å². The van der Waals surface area contributed by atoms with Crippen molar-refractivity contribution in [3.63, 3.8) is 0 Å². The molecule has 75 heavy (non-hydrogen) atoms. The number of unbranched alkanes of at least 4 members (excludes halogenated alkanes) is 24. The highest BCUT2D eigenvalue weighted by Crippen LogP contribution is 2.16. The van der Waals surface area contributed by atoms with Gasteiger partial charge in [-0.1, -0.05) is 258 Å². The van der Waals surface area contributed by atoms with Gasteiger partial charge in [-0.25, -0.2) is 0 Å². The highest BCUT2D eigenvalue weighted by atomic mass is 16.6. The molecule has 0 radical (unpaired) electrons. The van der Waals surface area contributed by atoms with Gasteiger partial charge >= 0.3 is 17.9 Å². The smallest absolute Gasteiger partial charge is 0.306 e. The lowest BCUT2D eigenvalue weighted by molar-refractivity contribution is -0.167. The number of allylic oxidation sites excluding steroid dienone is 20. The zero-order valence-electron chi connectivity index (χ0n) is 48.8. The molecule has 0 aromatic carbocycles. The lowest BCUT2D eigenvalue weighted by Crippen LogP contribution is -2.30. The summed E-state index contributed by atoms with van der Waals surface area (Å²) in [6, 6.07) is 0. The van der Waals surface area contributed by atoms with Crippen molar-refractivity contribution >= 4 is 17.9 Å². The van der Waals surface area contributed by atoms with Gasteiger partial charge in [0, 0.05) is 19.3 Å². The normalized spacial score (nSPS) is 12.9. The fourth-order valence-electron chi connectivity index (χ4n) is 8.40. The molecule has 426 valence electrons. The van der Waals surface area contributed by atoms with E-state index < -0.39 is 6.10 Å². The Labute approximate surface area is 462 Å². The lowest BCUT2D eigenvalue weighted by Gasteiger charge is -2.18. The van der Waals surface area contributed by atoms with Crippen LogP contribution in [0.5, 0.6) is 0 Å². The van der Waals surface area contributed by atoms with E-state index in [4.69, 9.17) is 14.2 Å². The molecule has 0 fully saturated rings. The van der Waals surface area contributed by atoms with Crippen LogP contribution in [0.15, 0.2) is 122 Å². The fraction of sp³-hybridized carbons (Fsp3) is 0.667. The SMILES string of the molecule is CC/C=C\C/C=C\C/C=C\C/C=C\CCCCCCCCCCCCCCCCC(=O)OCC(COC(=O)CCCCCCC/C=C\C/C=C\C/C=C\CC)OC(=O)CCCCCCC/C=C\C/C=C\C/C=C\CC. The van der Waals surface area contributed by atoms with E-state index in [-0.39, 0.29) is 31.1 Å². The molecule has 0 aromatic heterocycles. The average Bonchev–Trinajstić information content (AvgIpc) is 3.41. The molecule has 0 aliphatic rings. The second kappa shape index (κ2) is 62.4. The summed E-state index contributed by atoms with van der Waals surface area (Å²) in [4.78, 5) is 38.3. The third-order valence-electron chi connectivity index (χ3n) is 12.9. The van der Waals surface area contributed by atoms with E-state index in [2.05, 4.69) is 142 Å². The van der Waals surface area contributed by atoms with Crippen LogP contribution < -0.4 is 0 Å². The number of hydrogen-bond donors (Lipinski definition) is 0. The van der Waals surface area contributed by atoms with Gasteiger partial charge in [0.15, 0.2) is 6.10 Å². The van der Waals surface area contributed by atoms with Crippen molar-refractivity contribution in [3.8, 4) is 0 Å². The van der Waals surface area contributed by atoms with Gasteiger partial charge in [0.05, 0.1) is 0 Å². The standard InChI is InChI=1S/C69H114O6/c1-4-7-10-13-16-19-22-25-28-29-30-31-32-33-34-35-36-37-38-39-42-44-47-50-53-56-59-62-68(71)74-65-66(75-69(72)63-60-57-54-51-48-45-41-27-24-21-18-15-12-9-6-3)64-73-67(70)61-58-55-52-49-46-43-40-26-23-20-17-14-11-8-5-2/h7-12,16-21,25-28,30-31,40-41,66H,4-6,13-15,22-24,29,32-39,42-65H2,1-3H3/b10-7-,11-8-,12-9-,19-16-,20-17-,21-18-,28-25-,31-30-,40-26-,41-27-. The molecule has 0 heterocycles. The quantitative estimate of drug-likeness (QED) is 0.0261. The number of rotatable bonds is 55. The van der Waals surface area contributed by atoms with E-state index in [1.807, 2.05) is 0 Å². The van der Waals surface area contributed by atoms with Crippen molar-refractivity contribution in [1.82, 2.24) is 0 Å². The Balaban J connectivity index is 4.31. The molecule has 0 saturated heterocycles. The van der Waals surface area contributed by atoms with Crippen LogP contribution in [0.4, 0.5) is 0 Å². The van der Waals surface area contributed by atoms with E-state index in [0.29, 0.717) is 19.3 Å². The molecule has 6 nitrogen and oxygen atoms in total. The molecule has 0 bridgehead atoms. The van der Waals surface area contributed by atoms with Gasteiger partial charge in [-0.3, -0.25) is 14.4 Å². The Kier molecular flexibility index (Phi) is 58.9. The largest absolute Gasteiger partial charge is 0.462 e. The molecule has 0 aromatic rings. The first-order valence-corrected chi connectivity index (χ1v) is 31.0. The summed E-state index contributed by atoms with van der Waals surface area (Å²) >= 11 is 0. The predicted molar refractivity (Wildman–Crippen MR) is 325 cm³/mol. The maximum atomic E-state index is 12.9. The molecule has 6 heteroatoms. The third-order valence-corrected chi connectivity index (χ3v) is 12.9. The Bertz CT molecular complexity index is 1570. The van der Waals surface area contributed by atoms with Crippen molar-refractivity contribution in [1.29, 1.82) is 0 Å². The summed E-state index contributed by atoms with van der Waals surface area (Å²) in [6.45, 7) is 6.28. The van der Waals surface area contributed by atoms with Crippen LogP contribution >= 0.6 is 0 Å². The summed E-state index contributed by atoms with van der Waals surface area (Å²) in [5, 5.41) is 0. The summed E-state index contributed by atoms with van der Waals surface area (Å²) in [5.41, 5.74) is 0. The fourth-order valence-corrected chi connectivity index (χ4v) is 8.40. The topological polar surface area (TPSA) is 78.9 Å². The molecule has 0 rings (SSSR count). The average molecular weight is 1040 g/mol. The molecular weight excluding hydrogens is 925 g/mol. The summed E-state index contributed by atoms with van der Waals surface area (Å²) in [6.07, 6.45) is 86.3. The number of carbonyl (C=O) groups excluding carboxylic acids is 3. The Hall–Kier alpha value is -4.19. The first-order chi connectivity index (χ1) is 37.0. The Morgan fingerprint density at radius 1 is 0.267 bits per heavy atom. The molecule has 0 amide bonds. The van der Waals surface area contributed by atoms with Crippen molar-refractivity contribution < 1.29 is 28.6 Å². The molecule has 0 aliphatic heterocycles. The van der Waals surface area contributed by atoms with E-state index in [1.165, 1.54) is 77.0 Å². The number of ether oxygens (including phenoxy) is 3. The number of hydrogen-bond acceptors (Lipinski definition) is 6. The minimum atomic E-state index is -0.798. The molecular formula is C69H114O6. The van der Waals surface area contributed by atoms with Crippen LogP contribution in [-0.4, -0.2) is 37.2 Å². The van der Waals surface area contributed by atoms with Crippen LogP contribution in [-0.2, 0) is 28.6 Å². The molecule has 0 N–H and O–H groups in total. The van der Waals surface area contributed by atoms with Crippen molar-refractivity contribution in [2.24, 2.45) is 0 Å². The second-order valence-electron chi connectivity index (χ2n) is 20.2. The van der Waals surface area contributed by atoms with Crippen LogP contribution in [0, 0.1) is 0 Å². The zero-order chi connectivity index (χ0) is 54.3. The van der Waals surface area contributed by atoms with Crippen LogP contribution in [0.3, 0.4) is 0 Å². The number of esters is 3.